The van der Waals surface area contributed by atoms with Crippen LogP contribution in [0.1, 0.15) is 46.0 Å². The van der Waals surface area contributed by atoms with Crippen molar-refractivity contribution >= 4 is 51.7 Å². The molecule has 1 aliphatic rings. The number of carbonyl (C=O) groups excluding carboxylic acids is 5. The van der Waals surface area contributed by atoms with Crippen LogP contribution in [0.15, 0.2) is 24.3 Å². The Labute approximate surface area is 187 Å². The molecule has 0 bridgehead atoms. The minimum atomic E-state index is -1.15. The van der Waals surface area contributed by atoms with Gasteiger partial charge in [-0.05, 0) is 32.4 Å². The van der Waals surface area contributed by atoms with Gasteiger partial charge in [-0.2, -0.15) is 0 Å². The predicted molar refractivity (Wildman–Crippen MR) is 115 cm³/mol. The average molecular weight is 459 g/mol. The molecule has 0 aliphatic carbocycles. The van der Waals surface area contributed by atoms with Crippen molar-refractivity contribution in [3.05, 3.63) is 40.4 Å². The van der Waals surface area contributed by atoms with Crippen molar-refractivity contribution in [1.29, 1.82) is 0 Å². The lowest BCUT2D eigenvalue weighted by Gasteiger charge is -2.19. The fourth-order valence-electron chi connectivity index (χ4n) is 3.07. The van der Waals surface area contributed by atoms with Gasteiger partial charge < -0.3 is 9.47 Å². The van der Waals surface area contributed by atoms with Crippen molar-refractivity contribution in [1.82, 2.24) is 4.98 Å². The van der Waals surface area contributed by atoms with Gasteiger partial charge in [0.1, 0.15) is 11.4 Å². The maximum Gasteiger partial charge on any atom is 0.350 e. The summed E-state index contributed by atoms with van der Waals surface area (Å²) in [6, 6.07) is 6.33. The number of ketones is 1. The summed E-state index contributed by atoms with van der Waals surface area (Å²) in [5.74, 6) is -3.53. The zero-order chi connectivity index (χ0) is 23.4. The van der Waals surface area contributed by atoms with E-state index >= 15 is 0 Å². The molecule has 0 saturated heterocycles. The third-order valence-electron chi connectivity index (χ3n) is 4.59. The highest BCUT2D eigenvalue weighted by atomic mass is 32.1. The van der Waals surface area contributed by atoms with Crippen LogP contribution in [-0.2, 0) is 23.9 Å². The van der Waals surface area contributed by atoms with Crippen LogP contribution >= 0.6 is 11.3 Å². The van der Waals surface area contributed by atoms with Gasteiger partial charge in [0.25, 0.3) is 17.6 Å². The molecule has 32 heavy (non-hydrogen) atoms. The summed E-state index contributed by atoms with van der Waals surface area (Å²) in [7, 11) is 0. The second kappa shape index (κ2) is 9.69. The van der Waals surface area contributed by atoms with E-state index in [9.17, 15) is 24.0 Å². The number of para-hydroxylation sites is 1. The molecule has 2 heterocycles. The number of Topliss-reactive ketones (excluding diaryl/α,β-unsaturated/α-hetero) is 1. The first-order valence-electron chi connectivity index (χ1n) is 9.86. The van der Waals surface area contributed by atoms with E-state index < -0.39 is 42.2 Å². The number of thiazole rings is 1. The van der Waals surface area contributed by atoms with Crippen molar-refractivity contribution in [2.45, 2.75) is 33.3 Å². The Morgan fingerprint density at radius 3 is 2.59 bits per heavy atom. The smallest absolute Gasteiger partial charge is 0.350 e. The number of rotatable bonds is 8. The molecular formula is C21H21N3O7S. The molecule has 0 fully saturated rings. The number of aryl methyl sites for hydroxylation is 1. The number of nitrogens with one attached hydrogen (secondary N) is 1. The Hall–Kier alpha value is -3.60. The summed E-state index contributed by atoms with van der Waals surface area (Å²) in [5, 5.41) is 2.70. The normalized spacial score (nSPS) is 13.5. The zero-order valence-corrected chi connectivity index (χ0v) is 18.5. The maximum absolute atomic E-state index is 12.6. The molecule has 2 amide bonds. The quantitative estimate of drug-likeness (QED) is 0.469. The molecule has 11 heteroatoms. The van der Waals surface area contributed by atoms with Crippen LogP contribution < -0.4 is 10.2 Å². The number of amides is 2. The number of carbonyl (C=O) groups is 5. The van der Waals surface area contributed by atoms with E-state index in [1.807, 2.05) is 0 Å². The Morgan fingerprint density at radius 2 is 1.91 bits per heavy atom. The number of nitrogens with zero attached hydrogens (tertiary/aromatic N) is 2. The molecule has 0 radical (unpaired) electrons. The molecule has 0 unspecified atom stereocenters. The van der Waals surface area contributed by atoms with Gasteiger partial charge in [0.05, 0.1) is 23.6 Å². The summed E-state index contributed by atoms with van der Waals surface area (Å²) in [4.78, 5) is 66.6. The van der Waals surface area contributed by atoms with Gasteiger partial charge in [-0.25, -0.2) is 9.78 Å². The predicted octanol–water partition coefficient (Wildman–Crippen LogP) is 2.12. The topological polar surface area (TPSA) is 132 Å². The van der Waals surface area contributed by atoms with Crippen molar-refractivity contribution in [2.24, 2.45) is 0 Å². The van der Waals surface area contributed by atoms with Gasteiger partial charge in [0.15, 0.2) is 11.2 Å². The van der Waals surface area contributed by atoms with Gasteiger partial charge >= 0.3 is 11.9 Å². The van der Waals surface area contributed by atoms with Crippen LogP contribution in [0.2, 0.25) is 0 Å². The van der Waals surface area contributed by atoms with E-state index in [0.29, 0.717) is 11.4 Å². The molecule has 3 rings (SSSR count). The standard InChI is InChI=1S/C21H21N3O7S/c1-4-14(18(27)23-21-22-11(3)17(32-21)20(29)30-5-2)31-15(25)10-24-13-9-7-6-8-12(13)16(26)19(24)28/h6-9,14H,4-5,10H2,1-3H3,(H,22,23,27)/t14-/m1/s1. The highest BCUT2D eigenvalue weighted by Crippen LogP contribution is 2.28. The molecule has 1 aliphatic heterocycles. The summed E-state index contributed by atoms with van der Waals surface area (Å²) in [6.07, 6.45) is -0.989. The van der Waals surface area contributed by atoms with Crippen molar-refractivity contribution in [3.8, 4) is 0 Å². The number of ether oxygens (including phenoxy) is 2. The Bertz CT molecular complexity index is 1090. The lowest BCUT2D eigenvalue weighted by atomic mass is 10.1. The number of benzene rings is 1. The molecule has 1 atom stereocenters. The molecule has 10 nitrogen and oxygen atoms in total. The largest absolute Gasteiger partial charge is 0.462 e. The van der Waals surface area contributed by atoms with Gasteiger partial charge in [0.2, 0.25) is 0 Å². The SMILES string of the molecule is CCOC(=O)c1sc(NC(=O)[C@@H](CC)OC(=O)CN2C(=O)C(=O)c3ccccc32)nc1C. The number of esters is 2. The second-order valence-corrected chi connectivity index (χ2v) is 7.77. The molecule has 0 saturated carbocycles. The van der Waals surface area contributed by atoms with Crippen LogP contribution in [0, 0.1) is 6.92 Å². The van der Waals surface area contributed by atoms with Crippen molar-refractivity contribution in [2.75, 3.05) is 23.4 Å². The van der Waals surface area contributed by atoms with Gasteiger partial charge in [0, 0.05) is 0 Å². The van der Waals surface area contributed by atoms with Crippen LogP contribution in [0.5, 0.6) is 0 Å². The Morgan fingerprint density at radius 1 is 1.19 bits per heavy atom. The van der Waals surface area contributed by atoms with Crippen LogP contribution in [-0.4, -0.2) is 53.8 Å². The minimum absolute atomic E-state index is 0.163. The Balaban J connectivity index is 1.64. The lowest BCUT2D eigenvalue weighted by Crippen LogP contribution is -2.39. The third kappa shape index (κ3) is 4.67. The van der Waals surface area contributed by atoms with E-state index in [1.54, 1.807) is 39.0 Å². The first-order valence-corrected chi connectivity index (χ1v) is 10.7. The summed E-state index contributed by atoms with van der Waals surface area (Å²) in [5.41, 5.74) is 0.943. The Kier molecular flexibility index (Phi) is 6.98. The van der Waals surface area contributed by atoms with E-state index in [-0.39, 0.29) is 28.6 Å². The molecule has 168 valence electrons. The number of fused-ring (bicyclic) bond motifs is 1. The number of hydrogen-bond donors (Lipinski definition) is 1. The van der Waals surface area contributed by atoms with E-state index in [1.165, 1.54) is 6.07 Å². The lowest BCUT2D eigenvalue weighted by molar-refractivity contribution is -0.153. The van der Waals surface area contributed by atoms with Crippen LogP contribution in [0.3, 0.4) is 0 Å². The molecular weight excluding hydrogens is 438 g/mol. The summed E-state index contributed by atoms with van der Waals surface area (Å²) >= 11 is 0.953. The van der Waals surface area contributed by atoms with Crippen molar-refractivity contribution in [3.63, 3.8) is 0 Å². The number of hydrogen-bond acceptors (Lipinski definition) is 9. The third-order valence-corrected chi connectivity index (χ3v) is 5.64. The fourth-order valence-corrected chi connectivity index (χ4v) is 3.94. The first-order chi connectivity index (χ1) is 15.3. The maximum atomic E-state index is 12.6. The molecule has 0 spiro atoms. The number of anilines is 2. The monoisotopic (exact) mass is 459 g/mol. The van der Waals surface area contributed by atoms with E-state index in [4.69, 9.17) is 9.47 Å². The van der Waals surface area contributed by atoms with Crippen LogP contribution in [0.4, 0.5) is 10.8 Å². The molecule has 1 aromatic heterocycles. The molecule has 2 aromatic rings. The fraction of sp³-hybridized carbons (Fsp3) is 0.333. The molecule has 1 aromatic carbocycles. The number of aromatic nitrogens is 1. The van der Waals surface area contributed by atoms with Gasteiger partial charge in [-0.3, -0.25) is 29.4 Å². The average Bonchev–Trinajstić information content (AvgIpc) is 3.24. The van der Waals surface area contributed by atoms with E-state index in [0.717, 1.165) is 16.2 Å². The van der Waals surface area contributed by atoms with Crippen molar-refractivity contribution < 1.29 is 33.4 Å². The zero-order valence-electron chi connectivity index (χ0n) is 17.7. The summed E-state index contributed by atoms with van der Waals surface area (Å²) in [6.45, 7) is 4.65. The van der Waals surface area contributed by atoms with E-state index in [2.05, 4.69) is 10.3 Å². The highest BCUT2D eigenvalue weighted by molar-refractivity contribution is 7.17. The van der Waals surface area contributed by atoms with Gasteiger partial charge in [-0.15, -0.1) is 0 Å². The molecule has 1 N–H and O–H groups in total. The highest BCUT2D eigenvalue weighted by Gasteiger charge is 2.37. The summed E-state index contributed by atoms with van der Waals surface area (Å²) < 4.78 is 10.2. The van der Waals surface area contributed by atoms with Gasteiger partial charge in [-0.1, -0.05) is 30.4 Å². The second-order valence-electron chi connectivity index (χ2n) is 6.77. The first kappa shape index (κ1) is 23.1. The van der Waals surface area contributed by atoms with Crippen LogP contribution in [0.25, 0.3) is 0 Å². The minimum Gasteiger partial charge on any atom is -0.462 e.